The topological polar surface area (TPSA) is 70.5 Å². The summed E-state index contributed by atoms with van der Waals surface area (Å²) in [4.78, 5) is 4.33. The molecule has 1 atom stereocenters. The fourth-order valence-electron chi connectivity index (χ4n) is 0.414. The van der Waals surface area contributed by atoms with Crippen molar-refractivity contribution in [3.05, 3.63) is 0 Å². The molecule has 9 heavy (non-hydrogen) atoms. The summed E-state index contributed by atoms with van der Waals surface area (Å²) in [5, 5.41) is 0. The Hall–Kier alpha value is 0.130. The molecule has 4 nitrogen and oxygen atoms in total. The predicted molar refractivity (Wildman–Crippen MR) is 34.3 cm³/mol. The van der Waals surface area contributed by atoms with Crippen molar-refractivity contribution in [2.24, 2.45) is 11.5 Å². The van der Waals surface area contributed by atoms with Gasteiger partial charge in [-0.1, -0.05) is 0 Å². The highest BCUT2D eigenvalue weighted by atomic mass is 35.5. The molecule has 0 aliphatic heterocycles. The van der Waals surface area contributed by atoms with Crippen LogP contribution in [0.4, 0.5) is 0 Å². The largest absolute Gasteiger partial charge is 0.330 e. The molecule has 0 aromatic rings. The van der Waals surface area contributed by atoms with Gasteiger partial charge in [0.2, 0.25) is 0 Å². The molecule has 0 spiro atoms. The molecule has 4 N–H and O–H groups in total. The third-order valence-corrected chi connectivity index (χ3v) is 0.925. The minimum atomic E-state index is -0.467. The Morgan fingerprint density at radius 2 is 2.22 bits per heavy atom. The van der Waals surface area contributed by atoms with Crippen molar-refractivity contribution < 1.29 is 9.33 Å². The molecule has 1 unspecified atom stereocenters. The van der Waals surface area contributed by atoms with Crippen LogP contribution in [0.15, 0.2) is 0 Å². The molecule has 0 rings (SSSR count). The highest BCUT2D eigenvalue weighted by Gasteiger charge is 2.00. The highest BCUT2D eigenvalue weighted by molar-refractivity contribution is 6.06. The van der Waals surface area contributed by atoms with Crippen molar-refractivity contribution in [2.45, 2.75) is 19.1 Å². The lowest BCUT2D eigenvalue weighted by atomic mass is 10.3. The van der Waals surface area contributed by atoms with Gasteiger partial charge in [0, 0.05) is 0 Å². The minimum absolute atomic E-state index is 0.467. The van der Waals surface area contributed by atoms with Crippen molar-refractivity contribution in [3.8, 4) is 0 Å². The van der Waals surface area contributed by atoms with Crippen LogP contribution >= 0.6 is 11.9 Å². The zero-order valence-corrected chi connectivity index (χ0v) is 5.80. The van der Waals surface area contributed by atoms with Gasteiger partial charge in [0.25, 0.3) is 0 Å². The molecule has 0 aliphatic carbocycles. The normalized spacial score (nSPS) is 13.7. The number of hydrogen-bond acceptors (Lipinski definition) is 4. The van der Waals surface area contributed by atoms with E-state index >= 15 is 0 Å². The van der Waals surface area contributed by atoms with Gasteiger partial charge in [-0.3, -0.25) is 0 Å². The molecule has 0 saturated carbocycles. The van der Waals surface area contributed by atoms with E-state index < -0.39 is 6.23 Å². The van der Waals surface area contributed by atoms with E-state index in [1.165, 1.54) is 0 Å². The van der Waals surface area contributed by atoms with E-state index in [9.17, 15) is 0 Å². The molecule has 0 amide bonds. The molecule has 0 radical (unpaired) electrons. The van der Waals surface area contributed by atoms with Crippen LogP contribution in [0.1, 0.15) is 12.8 Å². The summed E-state index contributed by atoms with van der Waals surface area (Å²) in [5.41, 5.74) is 10.5. The maximum Gasteiger partial charge on any atom is 0.143 e. The summed E-state index contributed by atoms with van der Waals surface area (Å²) in [6.45, 7) is 0.597. The van der Waals surface area contributed by atoms with Crippen molar-refractivity contribution in [1.82, 2.24) is 0 Å². The fourth-order valence-corrected chi connectivity index (χ4v) is 0.507. The van der Waals surface area contributed by atoms with Gasteiger partial charge in [-0.2, -0.15) is 4.89 Å². The first-order valence-corrected chi connectivity index (χ1v) is 3.02. The quantitative estimate of drug-likeness (QED) is 0.335. The van der Waals surface area contributed by atoms with Gasteiger partial charge in [-0.05, 0) is 19.4 Å². The van der Waals surface area contributed by atoms with Gasteiger partial charge in [-0.25, -0.2) is 0 Å². The van der Waals surface area contributed by atoms with Gasteiger partial charge >= 0.3 is 0 Å². The van der Waals surface area contributed by atoms with Crippen LogP contribution in [0.3, 0.4) is 0 Å². The van der Waals surface area contributed by atoms with E-state index in [0.29, 0.717) is 13.0 Å². The van der Waals surface area contributed by atoms with E-state index in [2.05, 4.69) is 9.33 Å². The molecule has 0 heterocycles. The lowest BCUT2D eigenvalue weighted by Crippen LogP contribution is -2.23. The van der Waals surface area contributed by atoms with Crippen molar-refractivity contribution in [3.63, 3.8) is 0 Å². The molecule has 0 bridgehead atoms. The standard InChI is InChI=1S/C4H11ClN2O2/c5-9-8-4(7)2-1-3-6/h4H,1-3,6-7H2. The molecular formula is C4H11ClN2O2. The average Bonchev–Trinajstić information content (AvgIpc) is 1.85. The first kappa shape index (κ1) is 9.13. The second kappa shape index (κ2) is 6.25. The van der Waals surface area contributed by atoms with Crippen LogP contribution in [-0.2, 0) is 9.33 Å². The monoisotopic (exact) mass is 154 g/mol. The zero-order valence-electron chi connectivity index (χ0n) is 5.05. The number of rotatable bonds is 5. The zero-order chi connectivity index (χ0) is 7.11. The summed E-state index contributed by atoms with van der Waals surface area (Å²) in [6.07, 6.45) is 0.996. The molecule has 0 aromatic carbocycles. The highest BCUT2D eigenvalue weighted by Crippen LogP contribution is 1.96. The second-order valence-electron chi connectivity index (χ2n) is 1.63. The summed E-state index contributed by atoms with van der Waals surface area (Å²) >= 11 is 4.74. The first-order valence-electron chi connectivity index (χ1n) is 2.71. The molecular weight excluding hydrogens is 144 g/mol. The Morgan fingerprint density at radius 3 is 2.67 bits per heavy atom. The molecule has 0 saturated heterocycles. The Bertz CT molecular complexity index is 64.5. The van der Waals surface area contributed by atoms with Crippen LogP contribution in [0.5, 0.6) is 0 Å². The maximum atomic E-state index is 5.28. The lowest BCUT2D eigenvalue weighted by Gasteiger charge is -2.05. The Labute approximate surface area is 59.1 Å². The summed E-state index contributed by atoms with van der Waals surface area (Å²) in [7, 11) is 0. The summed E-state index contributed by atoms with van der Waals surface area (Å²) < 4.78 is 3.81. The van der Waals surface area contributed by atoms with Crippen LogP contribution in [0, 0.1) is 0 Å². The lowest BCUT2D eigenvalue weighted by molar-refractivity contribution is -0.241. The van der Waals surface area contributed by atoms with Gasteiger partial charge in [0.05, 0.1) is 11.9 Å². The SMILES string of the molecule is NCCCC(N)OOCl. The second-order valence-corrected chi connectivity index (χ2v) is 1.75. The van der Waals surface area contributed by atoms with Crippen molar-refractivity contribution in [1.29, 1.82) is 0 Å². The number of nitrogens with two attached hydrogens (primary N) is 2. The van der Waals surface area contributed by atoms with E-state index in [-0.39, 0.29) is 0 Å². The average molecular weight is 155 g/mol. The van der Waals surface area contributed by atoms with Crippen LogP contribution in [0.2, 0.25) is 0 Å². The van der Waals surface area contributed by atoms with E-state index in [1.807, 2.05) is 0 Å². The molecule has 5 heteroatoms. The number of hydrogen-bond donors (Lipinski definition) is 2. The third-order valence-electron chi connectivity index (χ3n) is 0.853. The Balaban J connectivity index is 2.95. The predicted octanol–water partition coefficient (Wildman–Crippen LogP) is 0.112. The Kier molecular flexibility index (Phi) is 6.34. The molecule has 0 fully saturated rings. The summed E-state index contributed by atoms with van der Waals surface area (Å²) in [5.74, 6) is 0. The van der Waals surface area contributed by atoms with Gasteiger partial charge < -0.3 is 11.5 Å². The minimum Gasteiger partial charge on any atom is -0.330 e. The van der Waals surface area contributed by atoms with Gasteiger partial charge in [0.1, 0.15) is 6.23 Å². The Morgan fingerprint density at radius 1 is 1.56 bits per heavy atom. The maximum absolute atomic E-state index is 5.28. The van der Waals surface area contributed by atoms with Crippen molar-refractivity contribution >= 4 is 11.9 Å². The van der Waals surface area contributed by atoms with Crippen LogP contribution in [0.25, 0.3) is 0 Å². The van der Waals surface area contributed by atoms with Crippen molar-refractivity contribution in [2.75, 3.05) is 6.54 Å². The number of halogens is 1. The van der Waals surface area contributed by atoms with E-state index in [1.54, 1.807) is 0 Å². The first-order chi connectivity index (χ1) is 4.31. The van der Waals surface area contributed by atoms with Gasteiger partial charge in [-0.15, -0.1) is 4.44 Å². The molecule has 56 valence electrons. The van der Waals surface area contributed by atoms with Crippen LogP contribution in [-0.4, -0.2) is 12.8 Å². The molecule has 0 aromatic heterocycles. The fraction of sp³-hybridized carbons (Fsp3) is 1.00. The smallest absolute Gasteiger partial charge is 0.143 e. The van der Waals surface area contributed by atoms with E-state index in [4.69, 9.17) is 23.3 Å². The van der Waals surface area contributed by atoms with Crippen LogP contribution < -0.4 is 11.5 Å². The van der Waals surface area contributed by atoms with E-state index in [0.717, 1.165) is 6.42 Å². The summed E-state index contributed by atoms with van der Waals surface area (Å²) in [6, 6.07) is 0. The molecule has 0 aliphatic rings. The third kappa shape index (κ3) is 6.01. The van der Waals surface area contributed by atoms with Gasteiger partial charge in [0.15, 0.2) is 0 Å².